The van der Waals surface area contributed by atoms with E-state index in [1.54, 1.807) is 49.4 Å². The quantitative estimate of drug-likeness (QED) is 0.309. The van der Waals surface area contributed by atoms with Crippen molar-refractivity contribution >= 4 is 27.5 Å². The standard InChI is InChI=1S/C32H38FN3O5S/c1-3-41-30-20-12-11-19-28(30)36(42(2,39)40)23-31(37)35(22-25-15-7-10-18-27(25)33)29(21-24-13-5-4-6-14-24)32(38)34-26-16-8-9-17-26/h4-7,10-15,18-20,26,29H,3,8-9,16-17,21-23H2,1-2H3,(H,34,38)/t29-/m1/s1. The third-order valence-corrected chi connectivity index (χ3v) is 8.51. The number of hydrogen-bond acceptors (Lipinski definition) is 5. The van der Waals surface area contributed by atoms with Crippen LogP contribution in [0.25, 0.3) is 0 Å². The van der Waals surface area contributed by atoms with Gasteiger partial charge < -0.3 is 15.0 Å². The van der Waals surface area contributed by atoms with E-state index < -0.39 is 34.3 Å². The summed E-state index contributed by atoms with van der Waals surface area (Å²) in [5.41, 5.74) is 1.24. The SMILES string of the molecule is CCOc1ccccc1N(CC(=O)N(Cc1ccccc1F)[C@H](Cc1ccccc1)C(=O)NC1CCCC1)S(C)(=O)=O. The molecule has 0 aromatic heterocycles. The number of carbonyl (C=O) groups is 2. The molecule has 8 nitrogen and oxygen atoms in total. The van der Waals surface area contributed by atoms with Gasteiger partial charge in [-0.25, -0.2) is 12.8 Å². The van der Waals surface area contributed by atoms with Crippen molar-refractivity contribution in [3.63, 3.8) is 0 Å². The Bertz CT molecular complexity index is 1460. The molecule has 1 aliphatic rings. The van der Waals surface area contributed by atoms with Crippen LogP contribution in [0.3, 0.4) is 0 Å². The fourth-order valence-corrected chi connectivity index (χ4v) is 6.12. The number of hydrogen-bond donors (Lipinski definition) is 1. The highest BCUT2D eigenvalue weighted by Gasteiger charge is 2.35. The highest BCUT2D eigenvalue weighted by molar-refractivity contribution is 7.92. The van der Waals surface area contributed by atoms with Crippen molar-refractivity contribution in [2.45, 2.75) is 57.7 Å². The van der Waals surface area contributed by atoms with Crippen LogP contribution in [0.1, 0.15) is 43.7 Å². The average molecular weight is 596 g/mol. The minimum Gasteiger partial charge on any atom is -0.492 e. The summed E-state index contributed by atoms with van der Waals surface area (Å²) in [5, 5.41) is 3.10. The maximum absolute atomic E-state index is 14.9. The summed E-state index contributed by atoms with van der Waals surface area (Å²) in [7, 11) is -3.96. The Morgan fingerprint density at radius 2 is 1.62 bits per heavy atom. The van der Waals surface area contributed by atoms with E-state index >= 15 is 0 Å². The lowest BCUT2D eigenvalue weighted by molar-refractivity contribution is -0.140. The molecule has 0 radical (unpaired) electrons. The molecule has 0 spiro atoms. The van der Waals surface area contributed by atoms with Gasteiger partial charge in [-0.3, -0.25) is 13.9 Å². The molecule has 1 saturated carbocycles. The van der Waals surface area contributed by atoms with Gasteiger partial charge in [0.1, 0.15) is 24.2 Å². The first-order chi connectivity index (χ1) is 20.2. The predicted molar refractivity (Wildman–Crippen MR) is 161 cm³/mol. The van der Waals surface area contributed by atoms with Crippen molar-refractivity contribution in [3.8, 4) is 5.75 Å². The number of amides is 2. The second-order valence-electron chi connectivity index (χ2n) is 10.5. The lowest BCUT2D eigenvalue weighted by atomic mass is 10.0. The fraction of sp³-hybridized carbons (Fsp3) is 0.375. The lowest BCUT2D eigenvalue weighted by Gasteiger charge is -2.34. The highest BCUT2D eigenvalue weighted by atomic mass is 32.2. The van der Waals surface area contributed by atoms with E-state index in [4.69, 9.17) is 4.74 Å². The summed E-state index contributed by atoms with van der Waals surface area (Å²) < 4.78 is 47.6. The van der Waals surface area contributed by atoms with Crippen molar-refractivity contribution in [2.75, 3.05) is 23.7 Å². The van der Waals surface area contributed by atoms with Crippen molar-refractivity contribution < 1.29 is 27.1 Å². The molecular weight excluding hydrogens is 557 g/mol. The first kappa shape index (κ1) is 31.0. The normalized spacial score (nSPS) is 14.3. The van der Waals surface area contributed by atoms with Gasteiger partial charge in [0.25, 0.3) is 0 Å². The first-order valence-corrected chi connectivity index (χ1v) is 16.1. The minimum atomic E-state index is -3.96. The minimum absolute atomic E-state index is 0.00762. The van der Waals surface area contributed by atoms with E-state index in [2.05, 4.69) is 5.32 Å². The van der Waals surface area contributed by atoms with Crippen molar-refractivity contribution in [1.82, 2.24) is 10.2 Å². The molecule has 0 saturated heterocycles. The van der Waals surface area contributed by atoms with Gasteiger partial charge in [-0.15, -0.1) is 0 Å². The second kappa shape index (κ2) is 14.3. The Morgan fingerprint density at radius 1 is 0.976 bits per heavy atom. The monoisotopic (exact) mass is 595 g/mol. The first-order valence-electron chi connectivity index (χ1n) is 14.2. The number of benzene rings is 3. The Kier molecular flexibility index (Phi) is 10.6. The van der Waals surface area contributed by atoms with Crippen LogP contribution in [-0.4, -0.2) is 56.6 Å². The van der Waals surface area contributed by atoms with Gasteiger partial charge in [-0.2, -0.15) is 0 Å². The van der Waals surface area contributed by atoms with Gasteiger partial charge in [0.15, 0.2) is 0 Å². The third kappa shape index (κ3) is 8.09. The summed E-state index contributed by atoms with van der Waals surface area (Å²) >= 11 is 0. The number of rotatable bonds is 13. The van der Waals surface area contributed by atoms with Crippen LogP contribution < -0.4 is 14.4 Å². The van der Waals surface area contributed by atoms with Crippen LogP contribution in [-0.2, 0) is 32.6 Å². The lowest BCUT2D eigenvalue weighted by Crippen LogP contribution is -2.54. The zero-order chi connectivity index (χ0) is 30.1. The van der Waals surface area contributed by atoms with Gasteiger partial charge in [-0.1, -0.05) is 73.5 Å². The van der Waals surface area contributed by atoms with Crippen molar-refractivity contribution in [1.29, 1.82) is 0 Å². The molecule has 1 aliphatic carbocycles. The number of ether oxygens (including phenoxy) is 1. The Morgan fingerprint density at radius 3 is 2.29 bits per heavy atom. The van der Waals surface area contributed by atoms with Crippen molar-refractivity contribution in [2.24, 2.45) is 0 Å². The molecule has 4 rings (SSSR count). The van der Waals surface area contributed by atoms with Crippen LogP contribution in [0, 0.1) is 5.82 Å². The zero-order valence-electron chi connectivity index (χ0n) is 24.0. The Labute approximate surface area is 247 Å². The van der Waals surface area contributed by atoms with E-state index in [-0.39, 0.29) is 36.2 Å². The number of halogens is 1. The number of carbonyl (C=O) groups excluding carboxylic acids is 2. The number of sulfonamides is 1. The summed E-state index contributed by atoms with van der Waals surface area (Å²) in [4.78, 5) is 29.4. The molecule has 10 heteroatoms. The molecule has 1 N–H and O–H groups in total. The van der Waals surface area contributed by atoms with Crippen LogP contribution in [0.5, 0.6) is 5.75 Å². The highest BCUT2D eigenvalue weighted by Crippen LogP contribution is 2.30. The second-order valence-corrected chi connectivity index (χ2v) is 12.4. The van der Waals surface area contributed by atoms with Crippen LogP contribution in [0.4, 0.5) is 10.1 Å². The van der Waals surface area contributed by atoms with E-state index in [0.717, 1.165) is 41.8 Å². The summed E-state index contributed by atoms with van der Waals surface area (Å²) in [6.07, 6.45) is 4.90. The predicted octanol–water partition coefficient (Wildman–Crippen LogP) is 4.69. The largest absolute Gasteiger partial charge is 0.492 e. The fourth-order valence-electron chi connectivity index (χ4n) is 5.27. The summed E-state index contributed by atoms with van der Waals surface area (Å²) in [6.45, 7) is 1.26. The molecule has 42 heavy (non-hydrogen) atoms. The smallest absolute Gasteiger partial charge is 0.244 e. The number of nitrogens with zero attached hydrogens (tertiary/aromatic N) is 2. The topological polar surface area (TPSA) is 96.0 Å². The zero-order valence-corrected chi connectivity index (χ0v) is 24.9. The van der Waals surface area contributed by atoms with Gasteiger partial charge in [0, 0.05) is 24.6 Å². The van der Waals surface area contributed by atoms with Gasteiger partial charge >= 0.3 is 0 Å². The molecular formula is C32H38FN3O5S. The molecule has 224 valence electrons. The summed E-state index contributed by atoms with van der Waals surface area (Å²) in [6, 6.07) is 20.9. The third-order valence-electron chi connectivity index (χ3n) is 7.38. The molecule has 0 aliphatic heterocycles. The molecule has 1 fully saturated rings. The maximum atomic E-state index is 14.9. The molecule has 2 amide bonds. The molecule has 0 unspecified atom stereocenters. The van der Waals surface area contributed by atoms with Gasteiger partial charge in [0.2, 0.25) is 21.8 Å². The Balaban J connectivity index is 1.75. The number of anilines is 1. The van der Waals surface area contributed by atoms with Gasteiger partial charge in [0.05, 0.1) is 18.6 Å². The number of para-hydroxylation sites is 2. The molecule has 3 aromatic carbocycles. The van der Waals surface area contributed by atoms with Gasteiger partial charge in [-0.05, 0) is 43.5 Å². The van der Waals surface area contributed by atoms with Crippen molar-refractivity contribution in [3.05, 3.63) is 95.8 Å². The van der Waals surface area contributed by atoms with Crippen LogP contribution >= 0.6 is 0 Å². The maximum Gasteiger partial charge on any atom is 0.244 e. The van der Waals surface area contributed by atoms with E-state index in [1.165, 1.54) is 11.0 Å². The average Bonchev–Trinajstić information content (AvgIpc) is 3.48. The molecule has 0 heterocycles. The number of nitrogens with one attached hydrogen (secondary N) is 1. The molecule has 1 atom stereocenters. The summed E-state index contributed by atoms with van der Waals surface area (Å²) in [5.74, 6) is -1.21. The molecule has 3 aromatic rings. The molecule has 0 bridgehead atoms. The van der Waals surface area contributed by atoms with E-state index in [0.29, 0.717) is 12.4 Å². The Hall–Kier alpha value is -3.92. The van der Waals surface area contributed by atoms with E-state index in [1.807, 2.05) is 30.3 Å². The van der Waals surface area contributed by atoms with Crippen LogP contribution in [0.15, 0.2) is 78.9 Å². The van der Waals surface area contributed by atoms with E-state index in [9.17, 15) is 22.4 Å². The van der Waals surface area contributed by atoms with Crippen LogP contribution in [0.2, 0.25) is 0 Å².